The molecule has 1 N–H and O–H groups in total. The second-order valence-corrected chi connectivity index (χ2v) is 6.59. The first-order valence-electron chi connectivity index (χ1n) is 7.80. The highest BCUT2D eigenvalue weighted by Crippen LogP contribution is 2.29. The van der Waals surface area contributed by atoms with Crippen molar-refractivity contribution < 1.29 is 0 Å². The number of anilines is 1. The van der Waals surface area contributed by atoms with E-state index in [0.29, 0.717) is 5.92 Å². The molecule has 5 heteroatoms. The van der Waals surface area contributed by atoms with Crippen molar-refractivity contribution in [3.63, 3.8) is 0 Å². The van der Waals surface area contributed by atoms with E-state index in [-0.39, 0.29) is 0 Å². The van der Waals surface area contributed by atoms with E-state index in [2.05, 4.69) is 38.8 Å². The van der Waals surface area contributed by atoms with Gasteiger partial charge in [-0.25, -0.2) is 4.98 Å². The van der Waals surface area contributed by atoms with Gasteiger partial charge in [0.1, 0.15) is 0 Å². The van der Waals surface area contributed by atoms with Gasteiger partial charge in [-0.3, -0.25) is 0 Å². The molecule has 1 fully saturated rings. The van der Waals surface area contributed by atoms with Crippen molar-refractivity contribution in [3.8, 4) is 0 Å². The smallest absolute Gasteiger partial charge is 0.0945 e. The lowest BCUT2D eigenvalue weighted by Gasteiger charge is -2.21. The average molecular weight is 319 g/mol. The summed E-state index contributed by atoms with van der Waals surface area (Å²) in [6.07, 6.45) is 4.99. The highest BCUT2D eigenvalue weighted by Gasteiger charge is 2.23. The van der Waals surface area contributed by atoms with Crippen LogP contribution in [0.4, 0.5) is 5.69 Å². The van der Waals surface area contributed by atoms with Gasteiger partial charge in [0.15, 0.2) is 0 Å². The highest BCUT2D eigenvalue weighted by atomic mass is 35.5. The second-order valence-electron chi connectivity index (χ2n) is 6.16. The van der Waals surface area contributed by atoms with Gasteiger partial charge in [0.25, 0.3) is 0 Å². The first-order valence-corrected chi connectivity index (χ1v) is 8.18. The second kappa shape index (κ2) is 6.71. The first-order chi connectivity index (χ1) is 10.6. The van der Waals surface area contributed by atoms with E-state index in [0.717, 1.165) is 31.2 Å². The number of nitrogens with one attached hydrogen (secondary N) is 1. The quantitative estimate of drug-likeness (QED) is 0.920. The molecule has 0 aliphatic carbocycles. The van der Waals surface area contributed by atoms with E-state index in [1.807, 2.05) is 25.6 Å². The van der Waals surface area contributed by atoms with Gasteiger partial charge < -0.3 is 14.8 Å². The van der Waals surface area contributed by atoms with Gasteiger partial charge in [0.2, 0.25) is 0 Å². The van der Waals surface area contributed by atoms with Crippen molar-refractivity contribution in [1.82, 2.24) is 14.9 Å². The van der Waals surface area contributed by atoms with Crippen LogP contribution in [0.5, 0.6) is 0 Å². The minimum atomic E-state index is 0.687. The zero-order valence-electron chi connectivity index (χ0n) is 13.2. The third kappa shape index (κ3) is 3.45. The molecule has 22 heavy (non-hydrogen) atoms. The largest absolute Gasteiger partial charge is 0.371 e. The summed E-state index contributed by atoms with van der Waals surface area (Å²) in [4.78, 5) is 6.60. The molecule has 0 saturated carbocycles. The fourth-order valence-corrected chi connectivity index (χ4v) is 3.27. The van der Waals surface area contributed by atoms with E-state index in [1.165, 1.54) is 23.4 Å². The molecule has 1 aliphatic rings. The van der Waals surface area contributed by atoms with E-state index < -0.39 is 0 Å². The van der Waals surface area contributed by atoms with E-state index in [4.69, 9.17) is 11.6 Å². The predicted molar refractivity (Wildman–Crippen MR) is 91.4 cm³/mol. The lowest BCUT2D eigenvalue weighted by Crippen LogP contribution is -2.27. The average Bonchev–Trinajstić information content (AvgIpc) is 3.12. The number of benzene rings is 1. The number of halogens is 1. The van der Waals surface area contributed by atoms with Crippen LogP contribution in [0, 0.1) is 12.8 Å². The standard InChI is InChI=1S/C17H23ClN4/c1-13-3-4-15(18)7-17(13)22-6-5-14(11-22)8-19-9-16-10-20-12-21(16)2/h3-4,7,10,12,14,19H,5-6,8-9,11H2,1-2H3/t14-/m1/s1. The minimum absolute atomic E-state index is 0.687. The molecule has 2 aromatic rings. The zero-order chi connectivity index (χ0) is 15.5. The Morgan fingerprint density at radius 3 is 3.05 bits per heavy atom. The maximum Gasteiger partial charge on any atom is 0.0945 e. The number of hydrogen-bond donors (Lipinski definition) is 1. The lowest BCUT2D eigenvalue weighted by molar-refractivity contribution is 0.510. The van der Waals surface area contributed by atoms with Crippen LogP contribution in [0.1, 0.15) is 17.7 Å². The molecule has 118 valence electrons. The summed E-state index contributed by atoms with van der Waals surface area (Å²) in [6.45, 7) is 6.28. The SMILES string of the molecule is Cc1ccc(Cl)cc1N1CC[C@H](CNCc2cncn2C)C1. The summed E-state index contributed by atoms with van der Waals surface area (Å²) in [5, 5.41) is 4.37. The van der Waals surface area contributed by atoms with Crippen LogP contribution in [-0.2, 0) is 13.6 Å². The normalized spacial score (nSPS) is 18.1. The van der Waals surface area contributed by atoms with Gasteiger partial charge in [-0.1, -0.05) is 17.7 Å². The number of hydrogen-bond acceptors (Lipinski definition) is 3. The van der Waals surface area contributed by atoms with E-state index in [9.17, 15) is 0 Å². The van der Waals surface area contributed by atoms with Crippen LogP contribution in [0.25, 0.3) is 0 Å². The monoisotopic (exact) mass is 318 g/mol. The zero-order valence-corrected chi connectivity index (χ0v) is 14.0. The molecule has 1 aromatic heterocycles. The van der Waals surface area contributed by atoms with Gasteiger partial charge >= 0.3 is 0 Å². The lowest BCUT2D eigenvalue weighted by atomic mass is 10.1. The molecule has 1 atom stereocenters. The molecule has 0 bridgehead atoms. The molecule has 2 heterocycles. The fourth-order valence-electron chi connectivity index (χ4n) is 3.10. The number of imidazole rings is 1. The third-order valence-corrected chi connectivity index (χ3v) is 4.69. The Morgan fingerprint density at radius 2 is 2.27 bits per heavy atom. The fraction of sp³-hybridized carbons (Fsp3) is 0.471. The molecule has 1 aliphatic heterocycles. The Kier molecular flexibility index (Phi) is 4.69. The van der Waals surface area contributed by atoms with Gasteiger partial charge in [-0.2, -0.15) is 0 Å². The number of rotatable bonds is 5. The van der Waals surface area contributed by atoms with Crippen LogP contribution in [0.3, 0.4) is 0 Å². The van der Waals surface area contributed by atoms with Gasteiger partial charge in [0.05, 0.1) is 12.0 Å². The van der Waals surface area contributed by atoms with Crippen molar-refractivity contribution in [2.45, 2.75) is 19.9 Å². The van der Waals surface area contributed by atoms with Gasteiger partial charge in [0, 0.05) is 50.1 Å². The van der Waals surface area contributed by atoms with Gasteiger partial charge in [-0.05, 0) is 37.0 Å². The van der Waals surface area contributed by atoms with Crippen LogP contribution in [0.15, 0.2) is 30.7 Å². The number of nitrogens with zero attached hydrogens (tertiary/aromatic N) is 3. The summed E-state index contributed by atoms with van der Waals surface area (Å²) in [6, 6.07) is 6.15. The molecule has 3 rings (SSSR count). The van der Waals surface area contributed by atoms with Crippen LogP contribution in [-0.4, -0.2) is 29.2 Å². The molecule has 0 radical (unpaired) electrons. The summed E-state index contributed by atoms with van der Waals surface area (Å²) < 4.78 is 2.06. The number of aryl methyl sites for hydroxylation is 2. The van der Waals surface area contributed by atoms with Crippen LogP contribution < -0.4 is 10.2 Å². The predicted octanol–water partition coefficient (Wildman–Crippen LogP) is 3.00. The van der Waals surface area contributed by atoms with Crippen molar-refractivity contribution in [2.24, 2.45) is 13.0 Å². The maximum absolute atomic E-state index is 6.14. The van der Waals surface area contributed by atoms with Crippen LogP contribution in [0.2, 0.25) is 5.02 Å². The summed E-state index contributed by atoms with van der Waals surface area (Å²) in [7, 11) is 2.03. The Bertz CT molecular complexity index is 637. The van der Waals surface area contributed by atoms with Crippen molar-refractivity contribution in [2.75, 3.05) is 24.5 Å². The van der Waals surface area contributed by atoms with Crippen molar-refractivity contribution >= 4 is 17.3 Å². The topological polar surface area (TPSA) is 33.1 Å². The third-order valence-electron chi connectivity index (χ3n) is 4.45. The van der Waals surface area contributed by atoms with Gasteiger partial charge in [-0.15, -0.1) is 0 Å². The summed E-state index contributed by atoms with van der Waals surface area (Å²) >= 11 is 6.14. The Morgan fingerprint density at radius 1 is 1.41 bits per heavy atom. The first kappa shape index (κ1) is 15.4. The molecular formula is C17H23ClN4. The molecular weight excluding hydrogens is 296 g/mol. The highest BCUT2D eigenvalue weighted by molar-refractivity contribution is 6.30. The summed E-state index contributed by atoms with van der Waals surface area (Å²) in [5.41, 5.74) is 3.80. The molecule has 1 aromatic carbocycles. The molecule has 4 nitrogen and oxygen atoms in total. The Hall–Kier alpha value is -1.52. The summed E-state index contributed by atoms with van der Waals surface area (Å²) in [5.74, 6) is 0.687. The van der Waals surface area contributed by atoms with E-state index >= 15 is 0 Å². The molecule has 1 saturated heterocycles. The molecule has 0 spiro atoms. The van der Waals surface area contributed by atoms with Crippen molar-refractivity contribution in [1.29, 1.82) is 0 Å². The van der Waals surface area contributed by atoms with Crippen molar-refractivity contribution in [3.05, 3.63) is 47.0 Å². The molecule has 0 unspecified atom stereocenters. The molecule has 0 amide bonds. The minimum Gasteiger partial charge on any atom is -0.371 e. The van der Waals surface area contributed by atoms with E-state index in [1.54, 1.807) is 0 Å². The Labute approximate surface area is 137 Å². The maximum atomic E-state index is 6.14. The van der Waals surface area contributed by atoms with Crippen LogP contribution >= 0.6 is 11.6 Å². The number of aromatic nitrogens is 2. The Balaban J connectivity index is 1.52.